The third kappa shape index (κ3) is 6.30. The minimum Gasteiger partial charge on any atom is -0.335 e. The first-order chi connectivity index (χ1) is 10.1. The maximum absolute atomic E-state index is 12.6. The van der Waals surface area contributed by atoms with Crippen molar-refractivity contribution in [2.45, 2.75) is 53.1 Å². The van der Waals surface area contributed by atoms with Gasteiger partial charge in [0.15, 0.2) is 0 Å². The Balaban J connectivity index is 2.64. The van der Waals surface area contributed by atoms with Crippen LogP contribution in [0.4, 0.5) is 0 Å². The van der Waals surface area contributed by atoms with Crippen molar-refractivity contribution in [3.63, 3.8) is 0 Å². The standard InChI is InChI=1S/C18H30N2O/c1-5-7-13-19(6-2)15-18(21)20(16(3)4)14-17-11-9-8-10-12-17/h8-12,16H,5-7,13-15H2,1-4H3. The summed E-state index contributed by atoms with van der Waals surface area (Å²) in [6, 6.07) is 10.4. The first-order valence-corrected chi connectivity index (χ1v) is 8.14. The van der Waals surface area contributed by atoms with Crippen molar-refractivity contribution in [2.75, 3.05) is 19.6 Å². The highest BCUT2D eigenvalue weighted by molar-refractivity contribution is 5.78. The Morgan fingerprint density at radius 1 is 1.14 bits per heavy atom. The molecule has 0 aliphatic heterocycles. The largest absolute Gasteiger partial charge is 0.335 e. The maximum atomic E-state index is 12.6. The Bertz CT molecular complexity index is 403. The Hall–Kier alpha value is -1.35. The summed E-state index contributed by atoms with van der Waals surface area (Å²) in [4.78, 5) is 16.8. The molecule has 0 unspecified atom stereocenters. The average Bonchev–Trinajstić information content (AvgIpc) is 2.49. The van der Waals surface area contributed by atoms with Gasteiger partial charge in [-0.25, -0.2) is 0 Å². The van der Waals surface area contributed by atoms with Crippen LogP contribution in [0.5, 0.6) is 0 Å². The molecule has 0 fully saturated rings. The summed E-state index contributed by atoms with van der Waals surface area (Å²) >= 11 is 0. The minimum atomic E-state index is 0.225. The Labute approximate surface area is 129 Å². The Morgan fingerprint density at radius 3 is 2.33 bits per heavy atom. The van der Waals surface area contributed by atoms with Crippen molar-refractivity contribution in [3.05, 3.63) is 35.9 Å². The van der Waals surface area contributed by atoms with Gasteiger partial charge < -0.3 is 4.90 Å². The summed E-state index contributed by atoms with van der Waals surface area (Å²) in [7, 11) is 0. The predicted octanol–water partition coefficient (Wildman–Crippen LogP) is 3.55. The average molecular weight is 290 g/mol. The van der Waals surface area contributed by atoms with Crippen molar-refractivity contribution in [1.29, 1.82) is 0 Å². The zero-order valence-electron chi connectivity index (χ0n) is 14.0. The quantitative estimate of drug-likeness (QED) is 0.694. The first kappa shape index (κ1) is 17.7. The monoisotopic (exact) mass is 290 g/mol. The Kier molecular flexibility index (Phi) is 8.06. The van der Waals surface area contributed by atoms with Gasteiger partial charge in [-0.05, 0) is 38.9 Å². The van der Waals surface area contributed by atoms with Gasteiger partial charge >= 0.3 is 0 Å². The molecule has 3 nitrogen and oxygen atoms in total. The van der Waals surface area contributed by atoms with Crippen LogP contribution in [0.25, 0.3) is 0 Å². The maximum Gasteiger partial charge on any atom is 0.237 e. The zero-order valence-corrected chi connectivity index (χ0v) is 14.0. The number of nitrogens with zero attached hydrogens (tertiary/aromatic N) is 2. The van der Waals surface area contributed by atoms with Crippen molar-refractivity contribution < 1.29 is 4.79 Å². The molecule has 0 radical (unpaired) electrons. The van der Waals surface area contributed by atoms with Gasteiger partial charge in [0, 0.05) is 12.6 Å². The highest BCUT2D eigenvalue weighted by atomic mass is 16.2. The summed E-state index contributed by atoms with van der Waals surface area (Å²) in [5, 5.41) is 0. The van der Waals surface area contributed by atoms with E-state index < -0.39 is 0 Å². The van der Waals surface area contributed by atoms with E-state index in [1.807, 2.05) is 23.1 Å². The van der Waals surface area contributed by atoms with E-state index in [1.54, 1.807) is 0 Å². The molecule has 118 valence electrons. The van der Waals surface area contributed by atoms with E-state index in [9.17, 15) is 4.79 Å². The number of rotatable bonds is 9. The van der Waals surface area contributed by atoms with Gasteiger partial charge in [-0.3, -0.25) is 9.69 Å². The SMILES string of the molecule is CCCCN(CC)CC(=O)N(Cc1ccccc1)C(C)C. The second kappa shape index (κ2) is 9.56. The van der Waals surface area contributed by atoms with E-state index in [4.69, 9.17) is 0 Å². The number of amides is 1. The van der Waals surface area contributed by atoms with Gasteiger partial charge in [-0.2, -0.15) is 0 Å². The van der Waals surface area contributed by atoms with E-state index >= 15 is 0 Å². The van der Waals surface area contributed by atoms with Crippen LogP contribution in [0.2, 0.25) is 0 Å². The fraction of sp³-hybridized carbons (Fsp3) is 0.611. The highest BCUT2D eigenvalue weighted by Crippen LogP contribution is 2.09. The molecule has 1 rings (SSSR count). The lowest BCUT2D eigenvalue weighted by Crippen LogP contribution is -2.43. The molecule has 0 heterocycles. The predicted molar refractivity (Wildman–Crippen MR) is 89.2 cm³/mol. The van der Waals surface area contributed by atoms with Crippen LogP contribution in [0, 0.1) is 0 Å². The molecule has 0 spiro atoms. The van der Waals surface area contributed by atoms with Crippen molar-refractivity contribution >= 4 is 5.91 Å². The lowest BCUT2D eigenvalue weighted by molar-refractivity contribution is -0.134. The van der Waals surface area contributed by atoms with Gasteiger partial charge in [-0.15, -0.1) is 0 Å². The second-order valence-electron chi connectivity index (χ2n) is 5.82. The van der Waals surface area contributed by atoms with Crippen LogP contribution < -0.4 is 0 Å². The second-order valence-corrected chi connectivity index (χ2v) is 5.82. The number of likely N-dealkylation sites (N-methyl/N-ethyl adjacent to an activating group) is 1. The van der Waals surface area contributed by atoms with Crippen LogP contribution in [-0.4, -0.2) is 41.4 Å². The molecular formula is C18H30N2O. The smallest absolute Gasteiger partial charge is 0.237 e. The number of carbonyl (C=O) groups is 1. The first-order valence-electron chi connectivity index (χ1n) is 8.14. The van der Waals surface area contributed by atoms with E-state index in [1.165, 1.54) is 12.0 Å². The van der Waals surface area contributed by atoms with Crippen molar-refractivity contribution in [3.8, 4) is 0 Å². The van der Waals surface area contributed by atoms with Gasteiger partial charge in [0.25, 0.3) is 0 Å². The topological polar surface area (TPSA) is 23.6 Å². The molecule has 0 aliphatic rings. The molecular weight excluding hydrogens is 260 g/mol. The van der Waals surface area contributed by atoms with Crippen LogP contribution in [0.1, 0.15) is 46.1 Å². The summed E-state index contributed by atoms with van der Waals surface area (Å²) < 4.78 is 0. The van der Waals surface area contributed by atoms with E-state index in [2.05, 4.69) is 44.7 Å². The lowest BCUT2D eigenvalue weighted by Gasteiger charge is -2.30. The molecule has 3 heteroatoms. The third-order valence-electron chi connectivity index (χ3n) is 3.77. The molecule has 0 aliphatic carbocycles. The Morgan fingerprint density at radius 2 is 1.81 bits per heavy atom. The fourth-order valence-corrected chi connectivity index (χ4v) is 2.35. The van der Waals surface area contributed by atoms with Gasteiger partial charge in [-0.1, -0.05) is 50.6 Å². The summed E-state index contributed by atoms with van der Waals surface area (Å²) in [6.45, 7) is 11.7. The summed E-state index contributed by atoms with van der Waals surface area (Å²) in [5.41, 5.74) is 1.19. The molecule has 0 atom stereocenters. The van der Waals surface area contributed by atoms with E-state index in [0.29, 0.717) is 13.1 Å². The van der Waals surface area contributed by atoms with Crippen LogP contribution in [-0.2, 0) is 11.3 Å². The third-order valence-corrected chi connectivity index (χ3v) is 3.77. The molecule has 0 aromatic heterocycles. The van der Waals surface area contributed by atoms with Gasteiger partial charge in [0.1, 0.15) is 0 Å². The van der Waals surface area contributed by atoms with E-state index in [-0.39, 0.29) is 11.9 Å². The van der Waals surface area contributed by atoms with Crippen molar-refractivity contribution in [1.82, 2.24) is 9.80 Å². The van der Waals surface area contributed by atoms with Crippen LogP contribution >= 0.6 is 0 Å². The van der Waals surface area contributed by atoms with Crippen LogP contribution in [0.15, 0.2) is 30.3 Å². The molecule has 1 aromatic carbocycles. The number of carbonyl (C=O) groups excluding carboxylic acids is 1. The zero-order chi connectivity index (χ0) is 15.7. The molecule has 0 bridgehead atoms. The molecule has 0 saturated carbocycles. The van der Waals surface area contributed by atoms with Gasteiger partial charge in [0.05, 0.1) is 6.54 Å². The number of unbranched alkanes of at least 4 members (excludes halogenated alkanes) is 1. The van der Waals surface area contributed by atoms with E-state index in [0.717, 1.165) is 19.5 Å². The number of benzene rings is 1. The molecule has 1 amide bonds. The number of hydrogen-bond donors (Lipinski definition) is 0. The normalized spacial score (nSPS) is 11.1. The summed E-state index contributed by atoms with van der Waals surface area (Å²) in [5.74, 6) is 0.229. The molecule has 21 heavy (non-hydrogen) atoms. The van der Waals surface area contributed by atoms with Crippen LogP contribution in [0.3, 0.4) is 0 Å². The minimum absolute atomic E-state index is 0.225. The van der Waals surface area contributed by atoms with Crippen molar-refractivity contribution in [2.24, 2.45) is 0 Å². The molecule has 1 aromatic rings. The summed E-state index contributed by atoms with van der Waals surface area (Å²) in [6.07, 6.45) is 2.32. The molecule has 0 saturated heterocycles. The number of hydrogen-bond acceptors (Lipinski definition) is 2. The fourth-order valence-electron chi connectivity index (χ4n) is 2.35. The molecule has 0 N–H and O–H groups in total. The van der Waals surface area contributed by atoms with Gasteiger partial charge in [0.2, 0.25) is 5.91 Å². The highest BCUT2D eigenvalue weighted by Gasteiger charge is 2.19. The lowest BCUT2D eigenvalue weighted by atomic mass is 10.2.